The second kappa shape index (κ2) is 9.64. The first kappa shape index (κ1) is 26.1. The fourth-order valence-electron chi connectivity index (χ4n) is 4.53. The highest BCUT2D eigenvalue weighted by Gasteiger charge is 2.29. The van der Waals surface area contributed by atoms with Gasteiger partial charge in [-0.15, -0.1) is 0 Å². The van der Waals surface area contributed by atoms with Crippen molar-refractivity contribution in [1.29, 1.82) is 0 Å². The van der Waals surface area contributed by atoms with Gasteiger partial charge in [0.2, 0.25) is 0 Å². The second-order valence-electron chi connectivity index (χ2n) is 8.97. The van der Waals surface area contributed by atoms with Gasteiger partial charge in [-0.25, -0.2) is 13.1 Å². The largest absolute Gasteiger partial charge is 0.364 e. The molecule has 3 N–H and O–H groups in total. The minimum Gasteiger partial charge on any atom is -0.364 e. The zero-order chi connectivity index (χ0) is 28.1. The van der Waals surface area contributed by atoms with Crippen molar-refractivity contribution in [3.8, 4) is 16.9 Å². The van der Waals surface area contributed by atoms with Crippen LogP contribution in [0.15, 0.2) is 65.6 Å². The molecule has 0 saturated heterocycles. The van der Waals surface area contributed by atoms with E-state index in [-0.39, 0.29) is 26.9 Å². The van der Waals surface area contributed by atoms with Crippen LogP contribution in [-0.2, 0) is 22.7 Å². The Hall–Kier alpha value is -4.55. The Morgan fingerprint density at radius 3 is 2.44 bits per heavy atom. The molecule has 0 unspecified atom stereocenters. The van der Waals surface area contributed by atoms with Crippen molar-refractivity contribution in [2.45, 2.75) is 17.7 Å². The molecule has 0 fully saturated rings. The van der Waals surface area contributed by atoms with E-state index in [1.54, 1.807) is 24.3 Å². The van der Waals surface area contributed by atoms with Crippen molar-refractivity contribution in [2.24, 2.45) is 5.73 Å². The Bertz CT molecular complexity index is 1800. The maximum Gasteiger partial charge on any atom is 0.270 e. The number of nitro groups is 1. The van der Waals surface area contributed by atoms with Crippen molar-refractivity contribution in [3.63, 3.8) is 0 Å². The van der Waals surface area contributed by atoms with Crippen LogP contribution in [0.4, 0.5) is 11.4 Å². The molecule has 0 atom stereocenters. The van der Waals surface area contributed by atoms with Crippen LogP contribution in [0.25, 0.3) is 16.9 Å². The average molecular weight is 566 g/mol. The highest BCUT2D eigenvalue weighted by molar-refractivity contribution is 7.90. The lowest BCUT2D eigenvalue weighted by Crippen LogP contribution is -2.16. The minimum atomic E-state index is -3.42. The number of carbonyl (C=O) groups excluding carboxylic acids is 2. The smallest absolute Gasteiger partial charge is 0.270 e. The Labute approximate surface area is 227 Å². The van der Waals surface area contributed by atoms with Crippen molar-refractivity contribution in [1.82, 2.24) is 9.78 Å². The molecule has 0 bridgehead atoms. The number of anilines is 1. The third kappa shape index (κ3) is 4.87. The number of sulfone groups is 1. The fourth-order valence-corrected chi connectivity index (χ4v) is 5.37. The number of fused-ring (bicyclic) bond motifs is 3. The van der Waals surface area contributed by atoms with Gasteiger partial charge in [0.1, 0.15) is 0 Å². The molecule has 198 valence electrons. The summed E-state index contributed by atoms with van der Waals surface area (Å²) in [5, 5.41) is 18.4. The summed E-state index contributed by atoms with van der Waals surface area (Å²) in [6, 6.07) is 14.9. The average Bonchev–Trinajstić information content (AvgIpc) is 3.29. The van der Waals surface area contributed by atoms with E-state index in [1.165, 1.54) is 28.9 Å². The summed E-state index contributed by atoms with van der Waals surface area (Å²) in [4.78, 5) is 35.9. The van der Waals surface area contributed by atoms with Crippen LogP contribution in [0, 0.1) is 10.1 Å². The van der Waals surface area contributed by atoms with Crippen LogP contribution in [0.2, 0.25) is 5.02 Å². The molecule has 4 aromatic rings. The van der Waals surface area contributed by atoms with E-state index in [2.05, 4.69) is 10.4 Å². The highest BCUT2D eigenvalue weighted by atomic mass is 35.5. The molecule has 1 aliphatic rings. The molecule has 0 saturated carbocycles. The van der Waals surface area contributed by atoms with Gasteiger partial charge in [0.15, 0.2) is 15.5 Å². The number of nitrogens with one attached hydrogen (secondary N) is 1. The predicted octanol–water partition coefficient (Wildman–Crippen LogP) is 3.95. The van der Waals surface area contributed by atoms with Crippen molar-refractivity contribution < 1.29 is 22.9 Å². The van der Waals surface area contributed by atoms with Gasteiger partial charge >= 0.3 is 0 Å². The summed E-state index contributed by atoms with van der Waals surface area (Å²) in [6.07, 6.45) is 2.19. The molecular weight excluding hydrogens is 546 g/mol. The number of hydrogen-bond donors (Lipinski definition) is 2. The first-order valence-electron chi connectivity index (χ1n) is 11.5. The van der Waals surface area contributed by atoms with Crippen molar-refractivity contribution in [2.75, 3.05) is 11.6 Å². The lowest BCUT2D eigenvalue weighted by atomic mass is 9.88. The number of halogens is 1. The van der Waals surface area contributed by atoms with Gasteiger partial charge in [-0.2, -0.15) is 5.10 Å². The van der Waals surface area contributed by atoms with E-state index < -0.39 is 26.6 Å². The van der Waals surface area contributed by atoms with Crippen molar-refractivity contribution >= 4 is 44.6 Å². The summed E-state index contributed by atoms with van der Waals surface area (Å²) < 4.78 is 25.4. The summed E-state index contributed by atoms with van der Waals surface area (Å²) in [6.45, 7) is 0. The number of rotatable bonds is 6. The molecule has 11 nitrogen and oxygen atoms in total. The number of hydrogen-bond acceptors (Lipinski definition) is 7. The number of nitro benzene ring substituents is 1. The summed E-state index contributed by atoms with van der Waals surface area (Å²) in [7, 11) is -3.42. The molecule has 1 aromatic heterocycles. The van der Waals surface area contributed by atoms with Crippen LogP contribution < -0.4 is 11.1 Å². The maximum absolute atomic E-state index is 13.0. The SMILES string of the molecule is CS(=O)(=O)c1ccc(-n2nc(C(N)=O)c3c2-c2cc(NC(=O)c4cc([N+](=O)[O-])ccc4Cl)ccc2CC3)cc1. The summed E-state index contributed by atoms with van der Waals surface area (Å²) in [5.41, 5.74) is 9.12. The molecule has 0 spiro atoms. The van der Waals surface area contributed by atoms with Gasteiger partial charge in [0, 0.05) is 35.2 Å². The number of aryl methyl sites for hydroxylation is 1. The van der Waals surface area contributed by atoms with Crippen LogP contribution in [0.1, 0.15) is 32.0 Å². The molecule has 0 aliphatic heterocycles. The monoisotopic (exact) mass is 565 g/mol. The van der Waals surface area contributed by atoms with Gasteiger partial charge < -0.3 is 11.1 Å². The number of benzene rings is 3. The Balaban J connectivity index is 1.58. The van der Waals surface area contributed by atoms with Gasteiger partial charge in [0.25, 0.3) is 17.5 Å². The minimum absolute atomic E-state index is 0.0556. The Morgan fingerprint density at radius 1 is 1.08 bits per heavy atom. The number of non-ortho nitro benzene ring substituents is 1. The zero-order valence-corrected chi connectivity index (χ0v) is 21.9. The van der Waals surface area contributed by atoms with Crippen molar-refractivity contribution in [3.05, 3.63) is 98.2 Å². The second-order valence-corrected chi connectivity index (χ2v) is 11.4. The lowest BCUT2D eigenvalue weighted by Gasteiger charge is -2.20. The molecule has 1 aliphatic carbocycles. The van der Waals surface area contributed by atoms with Crippen LogP contribution in [0.3, 0.4) is 0 Å². The molecule has 3 aromatic carbocycles. The lowest BCUT2D eigenvalue weighted by molar-refractivity contribution is -0.384. The molecule has 0 radical (unpaired) electrons. The van der Waals surface area contributed by atoms with E-state index in [4.69, 9.17) is 17.3 Å². The number of nitrogens with two attached hydrogens (primary N) is 1. The first-order chi connectivity index (χ1) is 18.4. The van der Waals surface area contributed by atoms with E-state index >= 15 is 0 Å². The standard InChI is InChI=1S/C26H20ClN5O6S/c1-39(37,38)18-8-5-16(6-9-18)31-24-19(23(30-31)25(28)33)10-3-14-2-4-15(12-20(14)24)29-26(34)21-13-17(32(35)36)7-11-22(21)27/h2,4-9,11-13H,3,10H2,1H3,(H2,28,33)(H,29,34). The molecule has 1 heterocycles. The van der Waals surface area contributed by atoms with Gasteiger partial charge in [-0.05, 0) is 60.9 Å². The van der Waals surface area contributed by atoms with Crippen LogP contribution in [-0.4, -0.2) is 41.2 Å². The molecule has 13 heteroatoms. The third-order valence-corrected chi connectivity index (χ3v) is 7.86. The van der Waals surface area contributed by atoms with Gasteiger partial charge in [-0.3, -0.25) is 19.7 Å². The van der Waals surface area contributed by atoms with E-state index in [9.17, 15) is 28.1 Å². The normalized spacial score (nSPS) is 12.4. The van der Waals surface area contributed by atoms with E-state index in [1.807, 2.05) is 6.07 Å². The molecule has 2 amide bonds. The summed E-state index contributed by atoms with van der Waals surface area (Å²) in [5.74, 6) is -1.34. The zero-order valence-electron chi connectivity index (χ0n) is 20.3. The fraction of sp³-hybridized carbons (Fsp3) is 0.115. The number of carbonyl (C=O) groups is 2. The highest BCUT2D eigenvalue weighted by Crippen LogP contribution is 2.38. The summed E-state index contributed by atoms with van der Waals surface area (Å²) >= 11 is 6.13. The molecule has 5 rings (SSSR count). The number of aromatic nitrogens is 2. The maximum atomic E-state index is 13.0. The van der Waals surface area contributed by atoms with E-state index in [0.29, 0.717) is 41.0 Å². The van der Waals surface area contributed by atoms with Gasteiger partial charge in [0.05, 0.1) is 31.8 Å². The molecular formula is C26H20ClN5O6S. The number of amides is 2. The number of primary amides is 1. The molecule has 39 heavy (non-hydrogen) atoms. The van der Waals surface area contributed by atoms with Gasteiger partial charge in [-0.1, -0.05) is 17.7 Å². The van der Waals surface area contributed by atoms with E-state index in [0.717, 1.165) is 17.9 Å². The Kier molecular flexibility index (Phi) is 6.44. The Morgan fingerprint density at radius 2 is 1.79 bits per heavy atom. The quantitative estimate of drug-likeness (QED) is 0.263. The topological polar surface area (TPSA) is 167 Å². The third-order valence-electron chi connectivity index (χ3n) is 6.40. The number of nitrogens with zero attached hydrogens (tertiary/aromatic N) is 3. The van der Waals surface area contributed by atoms with Crippen LogP contribution >= 0.6 is 11.6 Å². The van der Waals surface area contributed by atoms with Crippen LogP contribution in [0.5, 0.6) is 0 Å². The first-order valence-corrected chi connectivity index (χ1v) is 13.8. The predicted molar refractivity (Wildman–Crippen MR) is 144 cm³/mol.